The van der Waals surface area contributed by atoms with Crippen molar-refractivity contribution in [1.82, 2.24) is 5.06 Å². The summed E-state index contributed by atoms with van der Waals surface area (Å²) in [5.74, 6) is -4.17. The van der Waals surface area contributed by atoms with E-state index in [-0.39, 0.29) is 12.8 Å². The van der Waals surface area contributed by atoms with Crippen LogP contribution in [0.2, 0.25) is 0 Å². The molecule has 0 aromatic carbocycles. The Morgan fingerprint density at radius 1 is 1.16 bits per heavy atom. The topological polar surface area (TPSA) is 110 Å². The second-order valence-electron chi connectivity index (χ2n) is 3.79. The smallest absolute Gasteiger partial charge is 0.374 e. The number of rotatable bonds is 7. The van der Waals surface area contributed by atoms with Crippen molar-refractivity contribution in [3.63, 3.8) is 0 Å². The Morgan fingerprint density at radius 2 is 1.74 bits per heavy atom. The predicted molar refractivity (Wildman–Crippen MR) is 60.9 cm³/mol. The van der Waals surface area contributed by atoms with Crippen LogP contribution in [0.25, 0.3) is 0 Å². The fourth-order valence-electron chi connectivity index (χ4n) is 1.35. The number of ketones is 1. The first kappa shape index (κ1) is 17.0. The highest BCUT2D eigenvalue weighted by atomic mass is 16.5. The fraction of sp³-hybridized carbons (Fsp3) is 0.636. The third-order valence-electron chi connectivity index (χ3n) is 2.45. The number of carbonyl (C=O) groups is 4. The van der Waals surface area contributed by atoms with Gasteiger partial charge in [0.1, 0.15) is 0 Å². The zero-order valence-corrected chi connectivity index (χ0v) is 11.0. The van der Waals surface area contributed by atoms with Crippen LogP contribution in [0.15, 0.2) is 0 Å². The highest BCUT2D eigenvalue weighted by Crippen LogP contribution is 2.15. The van der Waals surface area contributed by atoms with Gasteiger partial charge in [-0.2, -0.15) is 0 Å². The number of Topliss-reactive ketones (excluding diaryl/α,β-unsaturated/α-hetero) is 1. The summed E-state index contributed by atoms with van der Waals surface area (Å²) < 4.78 is 8.72. The van der Waals surface area contributed by atoms with Gasteiger partial charge in [0.15, 0.2) is 0 Å². The van der Waals surface area contributed by atoms with Gasteiger partial charge in [-0.15, -0.1) is 0 Å². The summed E-state index contributed by atoms with van der Waals surface area (Å²) >= 11 is 0. The molecule has 0 fully saturated rings. The lowest BCUT2D eigenvalue weighted by molar-refractivity contribution is -0.160. The van der Waals surface area contributed by atoms with Crippen LogP contribution in [0.5, 0.6) is 0 Å². The Balaban J connectivity index is 4.57. The molecule has 0 rings (SSSR count). The zero-order valence-electron chi connectivity index (χ0n) is 11.0. The molecule has 0 heterocycles. The molecule has 1 atom stereocenters. The lowest BCUT2D eigenvalue weighted by atomic mass is 9.97. The van der Waals surface area contributed by atoms with E-state index in [1.165, 1.54) is 0 Å². The summed E-state index contributed by atoms with van der Waals surface area (Å²) in [6, 6.07) is 0. The number of amides is 1. The van der Waals surface area contributed by atoms with Gasteiger partial charge in [-0.05, 0) is 6.42 Å². The van der Waals surface area contributed by atoms with Crippen LogP contribution < -0.4 is 0 Å². The Labute approximate surface area is 110 Å². The van der Waals surface area contributed by atoms with Crippen LogP contribution in [-0.2, 0) is 28.7 Å². The lowest BCUT2D eigenvalue weighted by Gasteiger charge is -2.14. The van der Waals surface area contributed by atoms with Crippen LogP contribution in [0, 0.1) is 5.92 Å². The van der Waals surface area contributed by atoms with E-state index in [9.17, 15) is 19.2 Å². The monoisotopic (exact) mass is 275 g/mol. The van der Waals surface area contributed by atoms with Gasteiger partial charge < -0.3 is 9.47 Å². The molecule has 0 aromatic rings. The Kier molecular flexibility index (Phi) is 7.35. The molecule has 0 spiro atoms. The number of hydroxylamine groups is 2. The van der Waals surface area contributed by atoms with Crippen molar-refractivity contribution in [2.45, 2.75) is 19.3 Å². The van der Waals surface area contributed by atoms with Gasteiger partial charge in [0.05, 0.1) is 20.1 Å². The summed E-state index contributed by atoms with van der Waals surface area (Å²) in [6.45, 7) is 0. The first-order valence-corrected chi connectivity index (χ1v) is 5.47. The van der Waals surface area contributed by atoms with E-state index in [0.29, 0.717) is 5.06 Å². The molecule has 0 aliphatic rings. The minimum Gasteiger partial charge on any atom is -0.469 e. The molecule has 0 saturated carbocycles. The van der Waals surface area contributed by atoms with Crippen molar-refractivity contribution in [3.8, 4) is 0 Å². The fourth-order valence-corrected chi connectivity index (χ4v) is 1.35. The molecule has 1 N–H and O–H groups in total. The third kappa shape index (κ3) is 5.96. The van der Waals surface area contributed by atoms with Crippen LogP contribution in [-0.4, -0.2) is 55.2 Å². The molecule has 0 aliphatic heterocycles. The summed E-state index contributed by atoms with van der Waals surface area (Å²) in [5.41, 5.74) is 0. The number of methoxy groups -OCH3 is 2. The first-order valence-electron chi connectivity index (χ1n) is 5.47. The molecule has 0 radical (unpaired) electrons. The Morgan fingerprint density at radius 3 is 2.16 bits per heavy atom. The maximum atomic E-state index is 11.4. The normalized spacial score (nSPS) is 11.4. The third-order valence-corrected chi connectivity index (χ3v) is 2.45. The van der Waals surface area contributed by atoms with E-state index in [0.717, 1.165) is 21.3 Å². The van der Waals surface area contributed by atoms with Gasteiger partial charge in [0.25, 0.3) is 0 Å². The summed E-state index contributed by atoms with van der Waals surface area (Å²) in [7, 11) is 3.34. The molecule has 0 saturated heterocycles. The highest BCUT2D eigenvalue weighted by molar-refractivity contribution is 6.33. The second kappa shape index (κ2) is 8.20. The number of hydrogen-bond donors (Lipinski definition) is 1. The second-order valence-corrected chi connectivity index (χ2v) is 3.79. The molecule has 1 amide bonds. The van der Waals surface area contributed by atoms with Gasteiger partial charge in [0.2, 0.25) is 11.7 Å². The maximum Gasteiger partial charge on any atom is 0.374 e. The molecular formula is C11H17NO7. The molecule has 0 bridgehead atoms. The van der Waals surface area contributed by atoms with Crippen LogP contribution in [0.1, 0.15) is 19.3 Å². The largest absolute Gasteiger partial charge is 0.469 e. The predicted octanol–water partition coefficient (Wildman–Crippen LogP) is -0.464. The van der Waals surface area contributed by atoms with Crippen molar-refractivity contribution >= 4 is 23.6 Å². The average molecular weight is 275 g/mol. The Hall–Kier alpha value is -1.96. The van der Waals surface area contributed by atoms with Gasteiger partial charge in [-0.1, -0.05) is 0 Å². The SMILES string of the molecule is COC(=O)C(=O)CC(CCC(=O)N(C)O)C(=O)OC. The maximum absolute atomic E-state index is 11.4. The first-order chi connectivity index (χ1) is 8.83. The molecular weight excluding hydrogens is 258 g/mol. The standard InChI is InChI=1S/C11H17NO7/c1-12(17)9(14)5-4-7(10(15)18-2)6-8(13)11(16)19-3/h7,17H,4-6H2,1-3H3. The van der Waals surface area contributed by atoms with E-state index in [4.69, 9.17) is 5.21 Å². The number of esters is 2. The number of hydrogen-bond acceptors (Lipinski definition) is 7. The van der Waals surface area contributed by atoms with Crippen molar-refractivity contribution in [2.75, 3.05) is 21.3 Å². The average Bonchev–Trinajstić information content (AvgIpc) is 2.40. The van der Waals surface area contributed by atoms with Crippen molar-refractivity contribution < 1.29 is 33.9 Å². The van der Waals surface area contributed by atoms with E-state index < -0.39 is 36.0 Å². The van der Waals surface area contributed by atoms with Gasteiger partial charge >= 0.3 is 11.9 Å². The van der Waals surface area contributed by atoms with Gasteiger partial charge in [-0.25, -0.2) is 9.86 Å². The molecule has 8 heteroatoms. The molecule has 0 aromatic heterocycles. The highest BCUT2D eigenvalue weighted by Gasteiger charge is 2.27. The Bertz CT molecular complexity index is 364. The number of ether oxygens (including phenoxy) is 2. The van der Waals surface area contributed by atoms with Crippen molar-refractivity contribution in [2.24, 2.45) is 5.92 Å². The minimum atomic E-state index is -1.06. The zero-order chi connectivity index (χ0) is 15.0. The van der Waals surface area contributed by atoms with E-state index in [2.05, 4.69) is 9.47 Å². The van der Waals surface area contributed by atoms with E-state index >= 15 is 0 Å². The number of nitrogens with zero attached hydrogens (tertiary/aromatic N) is 1. The number of carbonyl (C=O) groups excluding carboxylic acids is 4. The summed E-state index contributed by atoms with van der Waals surface area (Å²) in [4.78, 5) is 44.9. The van der Waals surface area contributed by atoms with Crippen molar-refractivity contribution in [3.05, 3.63) is 0 Å². The summed E-state index contributed by atoms with van der Waals surface area (Å²) in [6.07, 6.45) is -0.567. The van der Waals surface area contributed by atoms with Crippen LogP contribution in [0.3, 0.4) is 0 Å². The van der Waals surface area contributed by atoms with Gasteiger partial charge in [-0.3, -0.25) is 19.6 Å². The van der Waals surface area contributed by atoms with Crippen LogP contribution >= 0.6 is 0 Å². The quantitative estimate of drug-likeness (QED) is 0.289. The van der Waals surface area contributed by atoms with E-state index in [1.807, 2.05) is 0 Å². The van der Waals surface area contributed by atoms with Gasteiger partial charge in [0, 0.05) is 19.9 Å². The molecule has 108 valence electrons. The molecule has 1 unspecified atom stereocenters. The van der Waals surface area contributed by atoms with Crippen LogP contribution in [0.4, 0.5) is 0 Å². The van der Waals surface area contributed by atoms with E-state index in [1.54, 1.807) is 0 Å². The molecule has 0 aliphatic carbocycles. The lowest BCUT2D eigenvalue weighted by Crippen LogP contribution is -2.27. The minimum absolute atomic E-state index is 0.0147. The summed E-state index contributed by atoms with van der Waals surface area (Å²) in [5, 5.41) is 9.25. The molecule has 19 heavy (non-hydrogen) atoms. The molecule has 8 nitrogen and oxygen atoms in total. The van der Waals surface area contributed by atoms with Crippen molar-refractivity contribution in [1.29, 1.82) is 0 Å².